The lowest BCUT2D eigenvalue weighted by atomic mass is 10.0. The van der Waals surface area contributed by atoms with Crippen molar-refractivity contribution in [1.29, 1.82) is 5.26 Å². The van der Waals surface area contributed by atoms with Crippen LogP contribution in [0.1, 0.15) is 29.8 Å². The maximum Gasteiger partial charge on any atom is 0.329 e. The third-order valence-electron chi connectivity index (χ3n) is 4.00. The number of nitrogens with zero attached hydrogens (tertiary/aromatic N) is 2. The van der Waals surface area contributed by atoms with Crippen LogP contribution in [0.15, 0.2) is 29.6 Å². The highest BCUT2D eigenvalue weighted by Gasteiger charge is 2.28. The van der Waals surface area contributed by atoms with Gasteiger partial charge in [0.05, 0.1) is 21.1 Å². The van der Waals surface area contributed by atoms with Crippen LogP contribution < -0.4 is 10.6 Å². The molecule has 0 saturated carbocycles. The Morgan fingerprint density at radius 2 is 2.03 bits per heavy atom. The largest absolute Gasteiger partial charge is 0.454 e. The Labute approximate surface area is 185 Å². The number of halogens is 1. The summed E-state index contributed by atoms with van der Waals surface area (Å²) in [6, 6.07) is 5.69. The van der Waals surface area contributed by atoms with Gasteiger partial charge in [-0.15, -0.1) is 11.3 Å². The van der Waals surface area contributed by atoms with Crippen molar-refractivity contribution >= 4 is 51.4 Å². The zero-order valence-electron chi connectivity index (χ0n) is 16.4. The Balaban J connectivity index is 2.03. The van der Waals surface area contributed by atoms with Crippen LogP contribution in [-0.2, 0) is 14.3 Å². The third kappa shape index (κ3) is 6.24. The number of benzene rings is 1. The number of nitriles is 1. The molecule has 0 spiro atoms. The fourth-order valence-electron chi connectivity index (χ4n) is 2.40. The van der Waals surface area contributed by atoms with Gasteiger partial charge in [-0.2, -0.15) is 5.26 Å². The first-order chi connectivity index (χ1) is 14.6. The molecule has 0 bridgehead atoms. The molecule has 2 rings (SSSR count). The Bertz CT molecular complexity index is 1060. The second kappa shape index (κ2) is 10.5. The highest BCUT2D eigenvalue weighted by molar-refractivity contribution is 7.14. The number of hydrogen-bond acceptors (Lipinski definition) is 8. The fraction of sp³-hybridized carbons (Fsp3) is 0.263. The molecular weight excluding hydrogens is 448 g/mol. The molecular formula is C19H17ClN4O6S. The maximum atomic E-state index is 12.5. The van der Waals surface area contributed by atoms with Crippen molar-refractivity contribution in [2.45, 2.75) is 19.9 Å². The zero-order chi connectivity index (χ0) is 23.1. The molecule has 0 aliphatic carbocycles. The standard InChI is InChI=1S/C19H17ClN4O6S/c1-10(2)16(23-17(26)13-7-12(24(28)29)3-4-14(13)20)19(27)30-9-15(25)22-18-11(8-21)5-6-31-18/h3-7,10,16H,9H2,1-2H3,(H,22,25)(H,23,26)/t16-/m0/s1. The highest BCUT2D eigenvalue weighted by atomic mass is 35.5. The molecule has 10 nitrogen and oxygen atoms in total. The molecule has 1 aromatic carbocycles. The van der Waals surface area contributed by atoms with Gasteiger partial charge in [-0.05, 0) is 23.4 Å². The van der Waals surface area contributed by atoms with Crippen LogP contribution in [0, 0.1) is 27.4 Å². The maximum absolute atomic E-state index is 12.5. The molecule has 0 fully saturated rings. The molecule has 2 aromatic rings. The first-order valence-corrected chi connectivity index (χ1v) is 10.1. The van der Waals surface area contributed by atoms with Gasteiger partial charge in [0.1, 0.15) is 17.1 Å². The van der Waals surface area contributed by atoms with Crippen molar-refractivity contribution < 1.29 is 24.0 Å². The lowest BCUT2D eigenvalue weighted by molar-refractivity contribution is -0.384. The van der Waals surface area contributed by atoms with E-state index in [2.05, 4.69) is 10.6 Å². The zero-order valence-corrected chi connectivity index (χ0v) is 18.0. The summed E-state index contributed by atoms with van der Waals surface area (Å²) < 4.78 is 4.99. The topological polar surface area (TPSA) is 151 Å². The highest BCUT2D eigenvalue weighted by Crippen LogP contribution is 2.23. The second-order valence-electron chi connectivity index (χ2n) is 6.55. The quantitative estimate of drug-likeness (QED) is 0.346. The molecule has 0 aliphatic rings. The summed E-state index contributed by atoms with van der Waals surface area (Å²) in [7, 11) is 0. The van der Waals surface area contributed by atoms with Crippen molar-refractivity contribution in [1.82, 2.24) is 5.32 Å². The molecule has 12 heteroatoms. The van der Waals surface area contributed by atoms with Crippen LogP contribution in [0.2, 0.25) is 5.02 Å². The average molecular weight is 465 g/mol. The van der Waals surface area contributed by atoms with Gasteiger partial charge >= 0.3 is 5.97 Å². The van der Waals surface area contributed by atoms with Gasteiger partial charge in [0.15, 0.2) is 6.61 Å². The molecule has 0 radical (unpaired) electrons. The minimum absolute atomic E-state index is 0.0254. The lowest BCUT2D eigenvalue weighted by Gasteiger charge is -2.21. The summed E-state index contributed by atoms with van der Waals surface area (Å²) in [5, 5.41) is 26.7. The number of nitro benzene ring substituents is 1. The Kier molecular flexibility index (Phi) is 8.07. The van der Waals surface area contributed by atoms with Crippen LogP contribution in [0.3, 0.4) is 0 Å². The van der Waals surface area contributed by atoms with Crippen molar-refractivity contribution in [2.75, 3.05) is 11.9 Å². The van der Waals surface area contributed by atoms with E-state index in [1.54, 1.807) is 19.2 Å². The number of carbonyl (C=O) groups is 3. The van der Waals surface area contributed by atoms with E-state index in [-0.39, 0.29) is 21.8 Å². The van der Waals surface area contributed by atoms with Crippen molar-refractivity contribution in [3.63, 3.8) is 0 Å². The Morgan fingerprint density at radius 3 is 2.65 bits per heavy atom. The van der Waals surface area contributed by atoms with Gasteiger partial charge in [0, 0.05) is 12.1 Å². The predicted octanol–water partition coefficient (Wildman–Crippen LogP) is 3.12. The van der Waals surface area contributed by atoms with Crippen LogP contribution in [0.4, 0.5) is 10.7 Å². The summed E-state index contributed by atoms with van der Waals surface area (Å²) in [6.07, 6.45) is 0. The van der Waals surface area contributed by atoms with Crippen LogP contribution >= 0.6 is 22.9 Å². The predicted molar refractivity (Wildman–Crippen MR) is 113 cm³/mol. The number of nitro groups is 1. The molecule has 0 aliphatic heterocycles. The van der Waals surface area contributed by atoms with Crippen LogP contribution in [0.5, 0.6) is 0 Å². The van der Waals surface area contributed by atoms with Crippen molar-refractivity contribution in [3.8, 4) is 6.07 Å². The monoisotopic (exact) mass is 464 g/mol. The van der Waals surface area contributed by atoms with Crippen molar-refractivity contribution in [3.05, 3.63) is 55.9 Å². The summed E-state index contributed by atoms with van der Waals surface area (Å²) in [6.45, 7) is 2.66. The number of thiophene rings is 1. The molecule has 2 amide bonds. The van der Waals surface area contributed by atoms with Gasteiger partial charge in [-0.1, -0.05) is 25.4 Å². The van der Waals surface area contributed by atoms with E-state index < -0.39 is 41.3 Å². The van der Waals surface area contributed by atoms with E-state index in [1.807, 2.05) is 6.07 Å². The molecule has 162 valence electrons. The number of rotatable bonds is 8. The number of anilines is 1. The van der Waals surface area contributed by atoms with Crippen LogP contribution in [0.25, 0.3) is 0 Å². The van der Waals surface area contributed by atoms with Gasteiger partial charge in [-0.25, -0.2) is 4.79 Å². The molecule has 0 saturated heterocycles. The van der Waals surface area contributed by atoms with Gasteiger partial charge in [0.25, 0.3) is 17.5 Å². The smallest absolute Gasteiger partial charge is 0.329 e. The number of esters is 1. The average Bonchev–Trinajstić information content (AvgIpc) is 3.16. The molecule has 0 unspecified atom stereocenters. The number of hydrogen-bond donors (Lipinski definition) is 2. The van der Waals surface area contributed by atoms with Crippen LogP contribution in [-0.4, -0.2) is 35.4 Å². The van der Waals surface area contributed by atoms with Crippen molar-refractivity contribution in [2.24, 2.45) is 5.92 Å². The molecule has 1 atom stereocenters. The summed E-state index contributed by atoms with van der Waals surface area (Å²) in [4.78, 5) is 47.2. The number of carbonyl (C=O) groups excluding carboxylic acids is 3. The summed E-state index contributed by atoms with van der Waals surface area (Å²) in [5.41, 5.74) is -0.222. The normalized spacial score (nSPS) is 11.3. The minimum Gasteiger partial charge on any atom is -0.454 e. The molecule has 1 heterocycles. The first-order valence-electron chi connectivity index (χ1n) is 8.83. The molecule has 1 aromatic heterocycles. The number of ether oxygens (including phenoxy) is 1. The number of amides is 2. The lowest BCUT2D eigenvalue weighted by Crippen LogP contribution is -2.46. The van der Waals surface area contributed by atoms with Gasteiger partial charge in [-0.3, -0.25) is 19.7 Å². The molecule has 2 N–H and O–H groups in total. The van der Waals surface area contributed by atoms with E-state index in [1.165, 1.54) is 12.1 Å². The van der Waals surface area contributed by atoms with Gasteiger partial charge < -0.3 is 15.4 Å². The third-order valence-corrected chi connectivity index (χ3v) is 5.16. The SMILES string of the molecule is CC(C)[C@H](NC(=O)c1cc([N+](=O)[O-])ccc1Cl)C(=O)OCC(=O)Nc1sccc1C#N. The number of non-ortho nitro benzene ring substituents is 1. The summed E-state index contributed by atoms with van der Waals surface area (Å²) in [5.74, 6) is -2.74. The first kappa shape index (κ1) is 23.8. The minimum atomic E-state index is -1.13. The van der Waals surface area contributed by atoms with E-state index in [0.717, 1.165) is 23.5 Å². The van der Waals surface area contributed by atoms with E-state index in [9.17, 15) is 24.5 Å². The number of nitrogens with one attached hydrogen (secondary N) is 2. The second-order valence-corrected chi connectivity index (χ2v) is 7.87. The van der Waals surface area contributed by atoms with Gasteiger partial charge in [0.2, 0.25) is 0 Å². The Hall–Kier alpha value is -3.49. The summed E-state index contributed by atoms with van der Waals surface area (Å²) >= 11 is 7.11. The van der Waals surface area contributed by atoms with E-state index in [4.69, 9.17) is 21.6 Å². The van der Waals surface area contributed by atoms with E-state index >= 15 is 0 Å². The fourth-order valence-corrected chi connectivity index (χ4v) is 3.36. The van der Waals surface area contributed by atoms with E-state index in [0.29, 0.717) is 5.00 Å². The Morgan fingerprint density at radius 1 is 1.32 bits per heavy atom. The molecule has 31 heavy (non-hydrogen) atoms.